The van der Waals surface area contributed by atoms with Gasteiger partial charge in [-0.2, -0.15) is 0 Å². The number of carbonyl (C=O) groups is 2. The highest BCUT2D eigenvalue weighted by Crippen LogP contribution is 2.22. The number of carboxylic acid groups (broad SMARTS) is 1. The summed E-state index contributed by atoms with van der Waals surface area (Å²) < 4.78 is 5.59. The molecular weight excluding hydrogens is 268 g/mol. The second kappa shape index (κ2) is 6.70. The first kappa shape index (κ1) is 14.8. The van der Waals surface area contributed by atoms with E-state index in [-0.39, 0.29) is 23.7 Å². The lowest BCUT2D eigenvalue weighted by atomic mass is 10.1. The summed E-state index contributed by atoms with van der Waals surface area (Å²) in [5.41, 5.74) is 1.45. The van der Waals surface area contributed by atoms with Gasteiger partial charge in [0.15, 0.2) is 5.78 Å². The van der Waals surface area contributed by atoms with E-state index in [0.717, 1.165) is 5.56 Å². The van der Waals surface area contributed by atoms with Gasteiger partial charge in [0, 0.05) is 12.0 Å². The van der Waals surface area contributed by atoms with Crippen molar-refractivity contribution >= 4 is 11.8 Å². The normalized spacial score (nSPS) is 10.1. The molecule has 0 saturated carbocycles. The highest BCUT2D eigenvalue weighted by Gasteiger charge is 2.14. The molecule has 0 radical (unpaired) electrons. The summed E-state index contributed by atoms with van der Waals surface area (Å²) in [5.74, 6) is -0.907. The van der Waals surface area contributed by atoms with Gasteiger partial charge < -0.3 is 9.84 Å². The Kier molecular flexibility index (Phi) is 4.72. The van der Waals surface area contributed by atoms with Gasteiger partial charge in [0.25, 0.3) is 0 Å². The molecule has 4 heteroatoms. The average molecular weight is 284 g/mol. The second-order valence-electron chi connectivity index (χ2n) is 4.57. The van der Waals surface area contributed by atoms with Crippen LogP contribution in [0.25, 0.3) is 0 Å². The fraction of sp³-hybridized carbons (Fsp3) is 0.176. The second-order valence-corrected chi connectivity index (χ2v) is 4.57. The van der Waals surface area contributed by atoms with Crippen LogP contribution in [0.4, 0.5) is 0 Å². The van der Waals surface area contributed by atoms with Gasteiger partial charge in [-0.15, -0.1) is 0 Å². The van der Waals surface area contributed by atoms with E-state index in [1.165, 1.54) is 18.2 Å². The standard InChI is InChI=1S/C17H16O4/c1-2-15(18)13-8-9-14(17(19)20)16(10-13)21-11-12-6-4-3-5-7-12/h3-10H,2,11H2,1H3,(H,19,20). The number of ketones is 1. The van der Waals surface area contributed by atoms with Crippen molar-refractivity contribution in [3.8, 4) is 5.75 Å². The van der Waals surface area contributed by atoms with Gasteiger partial charge in [0.1, 0.15) is 17.9 Å². The molecule has 0 aromatic heterocycles. The summed E-state index contributed by atoms with van der Waals surface area (Å²) >= 11 is 0. The molecule has 0 fully saturated rings. The Balaban J connectivity index is 2.26. The molecule has 21 heavy (non-hydrogen) atoms. The summed E-state index contributed by atoms with van der Waals surface area (Å²) in [7, 11) is 0. The first-order valence-corrected chi connectivity index (χ1v) is 6.69. The SMILES string of the molecule is CCC(=O)c1ccc(C(=O)O)c(OCc2ccccc2)c1. The van der Waals surface area contributed by atoms with Crippen molar-refractivity contribution in [2.24, 2.45) is 0 Å². The molecule has 0 aliphatic carbocycles. The highest BCUT2D eigenvalue weighted by atomic mass is 16.5. The maximum atomic E-state index is 11.7. The Bertz CT molecular complexity index is 647. The third kappa shape index (κ3) is 3.69. The minimum Gasteiger partial charge on any atom is -0.488 e. The topological polar surface area (TPSA) is 63.6 Å². The monoisotopic (exact) mass is 284 g/mol. The van der Waals surface area contributed by atoms with Gasteiger partial charge in [-0.25, -0.2) is 4.79 Å². The molecule has 2 rings (SSSR count). The van der Waals surface area contributed by atoms with E-state index in [4.69, 9.17) is 4.74 Å². The maximum Gasteiger partial charge on any atom is 0.339 e. The molecule has 0 saturated heterocycles. The Morgan fingerprint density at radius 1 is 1.10 bits per heavy atom. The number of Topliss-reactive ketones (excluding diaryl/α,β-unsaturated/α-hetero) is 1. The zero-order valence-corrected chi connectivity index (χ0v) is 11.7. The fourth-order valence-electron chi connectivity index (χ4n) is 1.93. The molecule has 2 aromatic carbocycles. The Labute approximate surface area is 123 Å². The Morgan fingerprint density at radius 3 is 2.43 bits per heavy atom. The molecule has 2 aromatic rings. The van der Waals surface area contributed by atoms with Gasteiger partial charge in [-0.3, -0.25) is 4.79 Å². The summed E-state index contributed by atoms with van der Waals surface area (Å²) in [6, 6.07) is 13.9. The molecular formula is C17H16O4. The summed E-state index contributed by atoms with van der Waals surface area (Å²) in [6.07, 6.45) is 0.366. The van der Waals surface area contributed by atoms with Crippen molar-refractivity contribution in [1.29, 1.82) is 0 Å². The van der Waals surface area contributed by atoms with Crippen molar-refractivity contribution in [3.05, 3.63) is 65.2 Å². The molecule has 1 N–H and O–H groups in total. The zero-order chi connectivity index (χ0) is 15.2. The van der Waals surface area contributed by atoms with Crippen LogP contribution in [0.15, 0.2) is 48.5 Å². The Hall–Kier alpha value is -2.62. The third-order valence-electron chi connectivity index (χ3n) is 3.09. The van der Waals surface area contributed by atoms with Crippen molar-refractivity contribution in [2.45, 2.75) is 20.0 Å². The van der Waals surface area contributed by atoms with E-state index in [9.17, 15) is 14.7 Å². The van der Waals surface area contributed by atoms with Crippen molar-refractivity contribution in [2.75, 3.05) is 0 Å². The van der Waals surface area contributed by atoms with Gasteiger partial charge in [0.05, 0.1) is 0 Å². The van der Waals surface area contributed by atoms with Gasteiger partial charge in [-0.1, -0.05) is 43.3 Å². The zero-order valence-electron chi connectivity index (χ0n) is 11.7. The molecule has 0 spiro atoms. The highest BCUT2D eigenvalue weighted by molar-refractivity contribution is 5.98. The van der Waals surface area contributed by atoms with Gasteiger partial charge >= 0.3 is 5.97 Å². The number of carbonyl (C=O) groups excluding carboxylic acids is 1. The summed E-state index contributed by atoms with van der Waals surface area (Å²) in [6.45, 7) is 2.02. The van der Waals surface area contributed by atoms with Crippen LogP contribution in [-0.2, 0) is 6.61 Å². The molecule has 0 unspecified atom stereocenters. The molecule has 0 aliphatic rings. The van der Waals surface area contributed by atoms with E-state index in [1.807, 2.05) is 30.3 Å². The predicted octanol–water partition coefficient (Wildman–Crippen LogP) is 3.56. The lowest BCUT2D eigenvalue weighted by molar-refractivity contribution is 0.0691. The molecule has 0 heterocycles. The molecule has 108 valence electrons. The quantitative estimate of drug-likeness (QED) is 0.824. The van der Waals surface area contributed by atoms with E-state index in [2.05, 4.69) is 0 Å². The van der Waals surface area contributed by atoms with Crippen LogP contribution in [0.5, 0.6) is 5.75 Å². The molecule has 0 atom stereocenters. The smallest absolute Gasteiger partial charge is 0.339 e. The minimum absolute atomic E-state index is 0.0449. The number of benzene rings is 2. The summed E-state index contributed by atoms with van der Waals surface area (Å²) in [4.78, 5) is 22.9. The Morgan fingerprint density at radius 2 is 1.81 bits per heavy atom. The largest absolute Gasteiger partial charge is 0.488 e. The fourth-order valence-corrected chi connectivity index (χ4v) is 1.93. The van der Waals surface area contributed by atoms with Crippen molar-refractivity contribution < 1.29 is 19.4 Å². The number of hydrogen-bond acceptors (Lipinski definition) is 3. The number of ether oxygens (including phenoxy) is 1. The maximum absolute atomic E-state index is 11.7. The predicted molar refractivity (Wildman–Crippen MR) is 78.8 cm³/mol. The number of hydrogen-bond donors (Lipinski definition) is 1. The van der Waals surface area contributed by atoms with Gasteiger partial charge in [0.2, 0.25) is 0 Å². The number of aromatic carboxylic acids is 1. The average Bonchev–Trinajstić information content (AvgIpc) is 2.52. The van der Waals surface area contributed by atoms with Crippen LogP contribution in [0.2, 0.25) is 0 Å². The number of rotatable bonds is 6. The first-order chi connectivity index (χ1) is 10.1. The molecule has 4 nitrogen and oxygen atoms in total. The van der Waals surface area contributed by atoms with Gasteiger partial charge in [-0.05, 0) is 17.7 Å². The first-order valence-electron chi connectivity index (χ1n) is 6.69. The number of carboxylic acids is 1. The van der Waals surface area contributed by atoms with E-state index in [1.54, 1.807) is 6.92 Å². The van der Waals surface area contributed by atoms with Crippen molar-refractivity contribution in [3.63, 3.8) is 0 Å². The van der Waals surface area contributed by atoms with Crippen LogP contribution in [0.1, 0.15) is 39.6 Å². The minimum atomic E-state index is -1.08. The third-order valence-corrected chi connectivity index (χ3v) is 3.09. The molecule has 0 bridgehead atoms. The van der Waals surface area contributed by atoms with Crippen LogP contribution in [0.3, 0.4) is 0 Å². The van der Waals surface area contributed by atoms with Crippen LogP contribution in [0, 0.1) is 0 Å². The van der Waals surface area contributed by atoms with Crippen LogP contribution >= 0.6 is 0 Å². The van der Waals surface area contributed by atoms with Crippen molar-refractivity contribution in [1.82, 2.24) is 0 Å². The lowest BCUT2D eigenvalue weighted by Crippen LogP contribution is -2.06. The summed E-state index contributed by atoms with van der Waals surface area (Å²) in [5, 5.41) is 9.18. The van der Waals surface area contributed by atoms with E-state index in [0.29, 0.717) is 12.0 Å². The van der Waals surface area contributed by atoms with Crippen LogP contribution in [-0.4, -0.2) is 16.9 Å². The molecule has 0 aliphatic heterocycles. The molecule has 0 amide bonds. The van der Waals surface area contributed by atoms with E-state index < -0.39 is 5.97 Å². The van der Waals surface area contributed by atoms with E-state index >= 15 is 0 Å². The van der Waals surface area contributed by atoms with Crippen LogP contribution < -0.4 is 4.74 Å². The lowest BCUT2D eigenvalue weighted by Gasteiger charge is -2.10.